The van der Waals surface area contributed by atoms with E-state index >= 15 is 0 Å². The standard InChI is InChI=1S/C17H16F3N7O2/c18-17(19,20)9-23-15(28)13-22-7-11-14(25-13)27(10-4-6-26(11)8-10)16(29)24-12-3-1-2-5-21-12/h1-3,5,7,10H,4,6,8-9H2,(H,23,28)(H,21,24,29). The minimum absolute atomic E-state index is 0.180. The maximum atomic E-state index is 12.9. The number of fused-ring (bicyclic) bond motifs is 4. The highest BCUT2D eigenvalue weighted by molar-refractivity contribution is 6.04. The molecule has 0 aliphatic carbocycles. The van der Waals surface area contributed by atoms with Crippen molar-refractivity contribution >= 4 is 29.3 Å². The molecule has 2 aliphatic rings. The van der Waals surface area contributed by atoms with Crippen molar-refractivity contribution < 1.29 is 22.8 Å². The largest absolute Gasteiger partial charge is 0.405 e. The van der Waals surface area contributed by atoms with Gasteiger partial charge in [0.25, 0.3) is 5.91 Å². The van der Waals surface area contributed by atoms with Crippen LogP contribution in [0.3, 0.4) is 0 Å². The maximum absolute atomic E-state index is 12.9. The molecule has 2 bridgehead atoms. The van der Waals surface area contributed by atoms with Crippen LogP contribution in [0.15, 0.2) is 30.6 Å². The van der Waals surface area contributed by atoms with E-state index in [2.05, 4.69) is 20.3 Å². The molecule has 1 saturated heterocycles. The summed E-state index contributed by atoms with van der Waals surface area (Å²) in [5.74, 6) is -0.981. The molecule has 2 aliphatic heterocycles. The summed E-state index contributed by atoms with van der Waals surface area (Å²) in [6.07, 6.45) is -0.985. The SMILES string of the molecule is O=C(NCC(F)(F)F)c1ncc2c(n1)N(C(=O)Nc1ccccn1)C1CCN2C1. The molecule has 29 heavy (non-hydrogen) atoms. The zero-order valence-electron chi connectivity index (χ0n) is 15.0. The summed E-state index contributed by atoms with van der Waals surface area (Å²) in [5, 5.41) is 4.41. The molecule has 2 N–H and O–H groups in total. The zero-order chi connectivity index (χ0) is 20.6. The molecule has 0 spiro atoms. The van der Waals surface area contributed by atoms with E-state index < -0.39 is 30.5 Å². The fraction of sp³-hybridized carbons (Fsp3) is 0.353. The van der Waals surface area contributed by atoms with Gasteiger partial charge in [-0.25, -0.2) is 19.7 Å². The van der Waals surface area contributed by atoms with Gasteiger partial charge in [0.15, 0.2) is 5.82 Å². The van der Waals surface area contributed by atoms with E-state index in [0.29, 0.717) is 31.0 Å². The molecule has 1 atom stereocenters. The lowest BCUT2D eigenvalue weighted by molar-refractivity contribution is -0.123. The van der Waals surface area contributed by atoms with Gasteiger partial charge < -0.3 is 10.2 Å². The van der Waals surface area contributed by atoms with Crippen molar-refractivity contribution in [1.82, 2.24) is 20.3 Å². The van der Waals surface area contributed by atoms with Gasteiger partial charge in [0.05, 0.1) is 17.9 Å². The smallest absolute Gasteiger partial charge is 0.365 e. The first-order valence-electron chi connectivity index (χ1n) is 8.80. The van der Waals surface area contributed by atoms with Crippen molar-refractivity contribution in [1.29, 1.82) is 0 Å². The Labute approximate surface area is 162 Å². The summed E-state index contributed by atoms with van der Waals surface area (Å²) >= 11 is 0. The van der Waals surface area contributed by atoms with Crippen LogP contribution in [0.2, 0.25) is 0 Å². The van der Waals surface area contributed by atoms with E-state index in [9.17, 15) is 22.8 Å². The molecule has 4 rings (SSSR count). The minimum Gasteiger partial charge on any atom is -0.365 e. The molecule has 0 radical (unpaired) electrons. The van der Waals surface area contributed by atoms with E-state index in [1.54, 1.807) is 23.5 Å². The van der Waals surface area contributed by atoms with Crippen molar-refractivity contribution in [2.45, 2.75) is 18.6 Å². The van der Waals surface area contributed by atoms with Crippen LogP contribution in [0.1, 0.15) is 17.0 Å². The highest BCUT2D eigenvalue weighted by Crippen LogP contribution is 2.38. The number of carbonyl (C=O) groups is 2. The van der Waals surface area contributed by atoms with E-state index in [1.165, 1.54) is 17.3 Å². The predicted molar refractivity (Wildman–Crippen MR) is 96.8 cm³/mol. The first kappa shape index (κ1) is 18.9. The number of aromatic nitrogens is 3. The summed E-state index contributed by atoms with van der Waals surface area (Å²) in [6.45, 7) is -0.246. The third kappa shape index (κ3) is 3.91. The fourth-order valence-corrected chi connectivity index (χ4v) is 3.35. The first-order chi connectivity index (χ1) is 13.8. The summed E-state index contributed by atoms with van der Waals surface area (Å²) in [4.78, 5) is 40.4. The van der Waals surface area contributed by atoms with Gasteiger partial charge >= 0.3 is 12.2 Å². The second-order valence-corrected chi connectivity index (χ2v) is 6.60. The van der Waals surface area contributed by atoms with Gasteiger partial charge in [-0.2, -0.15) is 13.2 Å². The molecule has 2 aromatic heterocycles. The van der Waals surface area contributed by atoms with Gasteiger partial charge in [-0.15, -0.1) is 0 Å². The van der Waals surface area contributed by atoms with Crippen molar-refractivity contribution in [2.24, 2.45) is 0 Å². The van der Waals surface area contributed by atoms with E-state index in [1.807, 2.05) is 4.90 Å². The van der Waals surface area contributed by atoms with Crippen molar-refractivity contribution in [3.05, 3.63) is 36.4 Å². The van der Waals surface area contributed by atoms with E-state index in [-0.39, 0.29) is 11.9 Å². The summed E-state index contributed by atoms with van der Waals surface area (Å²) < 4.78 is 37.1. The maximum Gasteiger partial charge on any atom is 0.405 e. The second-order valence-electron chi connectivity index (χ2n) is 6.60. The van der Waals surface area contributed by atoms with Crippen LogP contribution in [-0.4, -0.2) is 58.7 Å². The number of nitrogens with zero attached hydrogens (tertiary/aromatic N) is 5. The highest BCUT2D eigenvalue weighted by atomic mass is 19.4. The fourth-order valence-electron chi connectivity index (χ4n) is 3.35. The number of pyridine rings is 1. The normalized spacial score (nSPS) is 17.7. The number of amides is 3. The second kappa shape index (κ2) is 7.18. The average Bonchev–Trinajstić information content (AvgIpc) is 3.10. The Hall–Kier alpha value is -3.44. The molecule has 2 aromatic rings. The van der Waals surface area contributed by atoms with Gasteiger partial charge in [0.2, 0.25) is 5.82 Å². The van der Waals surface area contributed by atoms with E-state index in [4.69, 9.17) is 0 Å². The number of carbonyl (C=O) groups excluding carboxylic acids is 2. The Bertz CT molecular complexity index is 938. The van der Waals surface area contributed by atoms with Gasteiger partial charge in [0, 0.05) is 19.3 Å². The molecule has 0 saturated carbocycles. The van der Waals surface area contributed by atoms with Crippen molar-refractivity contribution in [3.63, 3.8) is 0 Å². The monoisotopic (exact) mass is 407 g/mol. The number of alkyl halides is 3. The Morgan fingerprint density at radius 2 is 2.07 bits per heavy atom. The predicted octanol–water partition coefficient (Wildman–Crippen LogP) is 1.79. The molecular formula is C17H16F3N7O2. The van der Waals surface area contributed by atoms with E-state index in [0.717, 1.165) is 0 Å². The third-order valence-electron chi connectivity index (χ3n) is 4.62. The van der Waals surface area contributed by atoms with Gasteiger partial charge in [-0.3, -0.25) is 15.0 Å². The molecule has 1 fully saturated rings. The van der Waals surface area contributed by atoms with Crippen LogP contribution in [0.4, 0.5) is 35.3 Å². The Kier molecular flexibility index (Phi) is 4.68. The van der Waals surface area contributed by atoms with Crippen LogP contribution in [-0.2, 0) is 0 Å². The Morgan fingerprint density at radius 3 is 2.79 bits per heavy atom. The van der Waals surface area contributed by atoms with Crippen molar-refractivity contribution in [3.8, 4) is 0 Å². The summed E-state index contributed by atoms with van der Waals surface area (Å²) in [5.41, 5.74) is 0.544. The van der Waals surface area contributed by atoms with Crippen LogP contribution in [0.5, 0.6) is 0 Å². The lowest BCUT2D eigenvalue weighted by Gasteiger charge is -2.35. The van der Waals surface area contributed by atoms with Crippen LogP contribution in [0, 0.1) is 0 Å². The number of nitrogens with one attached hydrogen (secondary N) is 2. The topological polar surface area (TPSA) is 103 Å². The lowest BCUT2D eigenvalue weighted by Crippen LogP contribution is -2.48. The minimum atomic E-state index is -4.55. The number of halogens is 3. The number of hydrogen-bond donors (Lipinski definition) is 2. The molecule has 0 aromatic carbocycles. The molecule has 1 unspecified atom stereocenters. The number of urea groups is 1. The summed E-state index contributed by atoms with van der Waals surface area (Å²) in [6, 6.07) is 4.37. The van der Waals surface area contributed by atoms with Gasteiger partial charge in [-0.1, -0.05) is 6.07 Å². The highest BCUT2D eigenvalue weighted by Gasteiger charge is 2.41. The first-order valence-corrected chi connectivity index (χ1v) is 8.80. The van der Waals surface area contributed by atoms with Gasteiger partial charge in [-0.05, 0) is 18.6 Å². The van der Waals surface area contributed by atoms with Crippen LogP contribution in [0.25, 0.3) is 0 Å². The lowest BCUT2D eigenvalue weighted by atomic mass is 10.2. The third-order valence-corrected chi connectivity index (χ3v) is 4.62. The van der Waals surface area contributed by atoms with Gasteiger partial charge in [0.1, 0.15) is 12.4 Å². The molecule has 152 valence electrons. The number of rotatable bonds is 3. The zero-order valence-corrected chi connectivity index (χ0v) is 15.0. The Balaban J connectivity index is 1.62. The Morgan fingerprint density at radius 1 is 1.24 bits per heavy atom. The molecule has 9 nitrogen and oxygen atoms in total. The average molecular weight is 407 g/mol. The molecule has 12 heteroatoms. The quantitative estimate of drug-likeness (QED) is 0.804. The number of anilines is 3. The molecule has 4 heterocycles. The number of hydrogen-bond acceptors (Lipinski definition) is 6. The van der Waals surface area contributed by atoms with Crippen molar-refractivity contribution in [2.75, 3.05) is 34.8 Å². The summed E-state index contributed by atoms with van der Waals surface area (Å²) in [7, 11) is 0. The molecular weight excluding hydrogens is 391 g/mol. The van der Waals surface area contributed by atoms with Crippen LogP contribution < -0.4 is 20.4 Å². The van der Waals surface area contributed by atoms with Crippen LogP contribution >= 0.6 is 0 Å². The molecule has 3 amide bonds.